The average Bonchev–Trinajstić information content (AvgIpc) is 3.24. The van der Waals surface area contributed by atoms with Crippen LogP contribution >= 0.6 is 0 Å². The quantitative estimate of drug-likeness (QED) is 0.318. The number of carbonyl (C=O) groups is 1. The van der Waals surface area contributed by atoms with Crippen LogP contribution in [0.5, 0.6) is 0 Å². The number of amides is 1. The topological polar surface area (TPSA) is 64.2 Å². The normalized spacial score (nSPS) is 12.3. The number of hydrogen-bond donors (Lipinski definition) is 1. The van der Waals surface area contributed by atoms with Crippen LogP contribution in [0.1, 0.15) is 60.5 Å². The molecule has 1 heterocycles. The molecule has 0 unspecified atom stereocenters. The van der Waals surface area contributed by atoms with Crippen LogP contribution in [0.2, 0.25) is 0 Å². The molecule has 3 aromatic carbocycles. The molecule has 1 amide bonds. The van der Waals surface area contributed by atoms with Gasteiger partial charge in [0.15, 0.2) is 0 Å². The SMILES string of the molecule is CCc1ccc(C(=O)N(CCCN)[C@@H](c2nc3ccccc3n2Cc2ccccc2)C(C)C)cc1. The van der Waals surface area contributed by atoms with Crippen molar-refractivity contribution in [2.24, 2.45) is 11.7 Å². The Balaban J connectivity index is 1.81. The number of fused-ring (bicyclic) bond motifs is 1. The summed E-state index contributed by atoms with van der Waals surface area (Å²) in [7, 11) is 0. The third kappa shape index (κ3) is 5.46. The van der Waals surface area contributed by atoms with Gasteiger partial charge < -0.3 is 15.2 Å². The summed E-state index contributed by atoms with van der Waals surface area (Å²) in [6.07, 6.45) is 1.68. The van der Waals surface area contributed by atoms with E-state index in [2.05, 4.69) is 55.7 Å². The van der Waals surface area contributed by atoms with Gasteiger partial charge >= 0.3 is 0 Å². The second kappa shape index (κ2) is 11.3. The third-order valence-electron chi connectivity index (χ3n) is 6.57. The molecule has 0 radical (unpaired) electrons. The van der Waals surface area contributed by atoms with E-state index in [1.165, 1.54) is 11.1 Å². The van der Waals surface area contributed by atoms with Crippen molar-refractivity contribution >= 4 is 16.9 Å². The predicted octanol–water partition coefficient (Wildman–Crippen LogP) is 5.84. The van der Waals surface area contributed by atoms with E-state index < -0.39 is 0 Å². The molecular formula is C30H36N4O. The molecule has 0 aliphatic carbocycles. The van der Waals surface area contributed by atoms with E-state index in [9.17, 15) is 4.79 Å². The summed E-state index contributed by atoms with van der Waals surface area (Å²) in [4.78, 5) is 21.0. The van der Waals surface area contributed by atoms with Gasteiger partial charge in [0.05, 0.1) is 17.1 Å². The monoisotopic (exact) mass is 468 g/mol. The van der Waals surface area contributed by atoms with E-state index in [1.54, 1.807) is 0 Å². The fourth-order valence-electron chi connectivity index (χ4n) is 4.73. The maximum Gasteiger partial charge on any atom is 0.254 e. The molecule has 1 atom stereocenters. The highest BCUT2D eigenvalue weighted by molar-refractivity contribution is 5.94. The summed E-state index contributed by atoms with van der Waals surface area (Å²) in [5.74, 6) is 1.11. The zero-order valence-electron chi connectivity index (χ0n) is 21.0. The van der Waals surface area contributed by atoms with Crippen LogP contribution < -0.4 is 5.73 Å². The molecule has 0 saturated heterocycles. The van der Waals surface area contributed by atoms with Gasteiger partial charge in [-0.1, -0.05) is 75.4 Å². The minimum Gasteiger partial charge on any atom is -0.330 e. The van der Waals surface area contributed by atoms with Crippen molar-refractivity contribution in [2.75, 3.05) is 13.1 Å². The van der Waals surface area contributed by atoms with Gasteiger partial charge in [-0.25, -0.2) is 4.98 Å². The Hall–Kier alpha value is -3.44. The van der Waals surface area contributed by atoms with Gasteiger partial charge in [-0.2, -0.15) is 0 Å². The number of rotatable bonds is 10. The van der Waals surface area contributed by atoms with Gasteiger partial charge in [-0.05, 0) is 60.7 Å². The second-order valence-corrected chi connectivity index (χ2v) is 9.41. The molecule has 0 saturated carbocycles. The summed E-state index contributed by atoms with van der Waals surface area (Å²) in [5, 5.41) is 0. The molecule has 1 aromatic heterocycles. The number of nitrogens with zero attached hydrogens (tertiary/aromatic N) is 3. The maximum atomic E-state index is 13.9. The van der Waals surface area contributed by atoms with Gasteiger partial charge in [0.25, 0.3) is 5.91 Å². The Morgan fingerprint density at radius 2 is 1.63 bits per heavy atom. The summed E-state index contributed by atoms with van der Waals surface area (Å²) >= 11 is 0. The molecule has 0 bridgehead atoms. The Morgan fingerprint density at radius 1 is 0.943 bits per heavy atom. The number of aryl methyl sites for hydroxylation is 1. The first kappa shape index (κ1) is 24.7. The summed E-state index contributed by atoms with van der Waals surface area (Å²) in [6, 6.07) is 26.4. The molecule has 4 aromatic rings. The molecule has 0 aliphatic rings. The summed E-state index contributed by atoms with van der Waals surface area (Å²) in [6.45, 7) is 8.27. The van der Waals surface area contributed by atoms with Crippen LogP contribution in [0.3, 0.4) is 0 Å². The van der Waals surface area contributed by atoms with E-state index in [4.69, 9.17) is 10.7 Å². The lowest BCUT2D eigenvalue weighted by molar-refractivity contribution is 0.0605. The number of imidazole rings is 1. The molecule has 182 valence electrons. The van der Waals surface area contributed by atoms with E-state index in [0.29, 0.717) is 25.2 Å². The second-order valence-electron chi connectivity index (χ2n) is 9.41. The lowest BCUT2D eigenvalue weighted by Gasteiger charge is -2.34. The van der Waals surface area contributed by atoms with Crippen LogP contribution in [0.25, 0.3) is 11.0 Å². The molecule has 0 spiro atoms. The zero-order chi connectivity index (χ0) is 24.8. The minimum absolute atomic E-state index is 0.0260. The van der Waals surface area contributed by atoms with Gasteiger partial charge in [0.2, 0.25) is 0 Å². The molecule has 35 heavy (non-hydrogen) atoms. The Labute approximate surface area is 208 Å². The highest BCUT2D eigenvalue weighted by Crippen LogP contribution is 2.33. The number of nitrogens with two attached hydrogens (primary N) is 1. The first-order valence-electron chi connectivity index (χ1n) is 12.6. The van der Waals surface area contributed by atoms with Crippen molar-refractivity contribution in [3.05, 3.63) is 101 Å². The van der Waals surface area contributed by atoms with Crippen LogP contribution in [0.15, 0.2) is 78.9 Å². The molecule has 4 rings (SSSR count). The van der Waals surface area contributed by atoms with Crippen molar-refractivity contribution in [3.63, 3.8) is 0 Å². The maximum absolute atomic E-state index is 13.9. The lowest BCUT2D eigenvalue weighted by atomic mass is 9.99. The van der Waals surface area contributed by atoms with Gasteiger partial charge in [0.1, 0.15) is 5.82 Å². The highest BCUT2D eigenvalue weighted by atomic mass is 16.2. The average molecular weight is 469 g/mol. The fourth-order valence-corrected chi connectivity index (χ4v) is 4.73. The van der Waals surface area contributed by atoms with Crippen LogP contribution in [-0.4, -0.2) is 33.4 Å². The Morgan fingerprint density at radius 3 is 2.29 bits per heavy atom. The molecular weight excluding hydrogens is 432 g/mol. The summed E-state index contributed by atoms with van der Waals surface area (Å²) in [5.41, 5.74) is 11.1. The van der Waals surface area contributed by atoms with Crippen molar-refractivity contribution in [1.82, 2.24) is 14.5 Å². The fraction of sp³-hybridized carbons (Fsp3) is 0.333. The third-order valence-corrected chi connectivity index (χ3v) is 6.57. The van der Waals surface area contributed by atoms with Crippen molar-refractivity contribution in [3.8, 4) is 0 Å². The van der Waals surface area contributed by atoms with Gasteiger partial charge in [-0.15, -0.1) is 0 Å². The van der Waals surface area contributed by atoms with Crippen molar-refractivity contribution in [1.29, 1.82) is 0 Å². The van der Waals surface area contributed by atoms with Gasteiger partial charge in [0, 0.05) is 18.7 Å². The van der Waals surface area contributed by atoms with E-state index >= 15 is 0 Å². The van der Waals surface area contributed by atoms with Crippen LogP contribution in [-0.2, 0) is 13.0 Å². The molecule has 2 N–H and O–H groups in total. The summed E-state index contributed by atoms with van der Waals surface area (Å²) < 4.78 is 2.28. The number of aromatic nitrogens is 2. The molecule has 5 nitrogen and oxygen atoms in total. The van der Waals surface area contributed by atoms with E-state index in [1.807, 2.05) is 53.4 Å². The molecule has 0 fully saturated rings. The Kier molecular flexibility index (Phi) is 7.98. The number of para-hydroxylation sites is 2. The first-order valence-corrected chi connectivity index (χ1v) is 12.6. The minimum atomic E-state index is -0.184. The first-order chi connectivity index (χ1) is 17.0. The highest BCUT2D eigenvalue weighted by Gasteiger charge is 2.32. The van der Waals surface area contributed by atoms with Crippen LogP contribution in [0, 0.1) is 5.92 Å². The number of carbonyl (C=O) groups excluding carboxylic acids is 1. The lowest BCUT2D eigenvalue weighted by Crippen LogP contribution is -2.40. The Bertz CT molecular complexity index is 1240. The molecule has 0 aliphatic heterocycles. The van der Waals surface area contributed by atoms with E-state index in [-0.39, 0.29) is 17.9 Å². The van der Waals surface area contributed by atoms with Crippen LogP contribution in [0.4, 0.5) is 0 Å². The zero-order valence-corrected chi connectivity index (χ0v) is 21.0. The number of hydrogen-bond acceptors (Lipinski definition) is 3. The standard InChI is InChI=1S/C30H36N4O/c1-4-23-15-17-25(18-16-23)30(35)33(20-10-19-31)28(22(2)3)29-32-26-13-8-9-14-27(26)34(29)21-24-11-6-5-7-12-24/h5-9,11-18,22,28H,4,10,19-21,31H2,1-3H3/t28-/m1/s1. The largest absolute Gasteiger partial charge is 0.330 e. The smallest absolute Gasteiger partial charge is 0.254 e. The number of benzene rings is 3. The van der Waals surface area contributed by atoms with E-state index in [0.717, 1.165) is 29.7 Å². The predicted molar refractivity (Wildman–Crippen MR) is 143 cm³/mol. The molecule has 5 heteroatoms. The van der Waals surface area contributed by atoms with Gasteiger partial charge in [-0.3, -0.25) is 4.79 Å². The van der Waals surface area contributed by atoms with Crippen molar-refractivity contribution < 1.29 is 4.79 Å². The van der Waals surface area contributed by atoms with Crippen molar-refractivity contribution in [2.45, 2.75) is 46.2 Å².